The van der Waals surface area contributed by atoms with Crippen LogP contribution >= 0.6 is 0 Å². The van der Waals surface area contributed by atoms with Crippen LogP contribution in [0.25, 0.3) is 5.65 Å². The van der Waals surface area contributed by atoms with E-state index in [-0.39, 0.29) is 17.5 Å². The number of aromatic nitrogens is 5. The van der Waals surface area contributed by atoms with Gasteiger partial charge in [-0.2, -0.15) is 23.4 Å². The number of fused-ring (bicyclic) bond motifs is 1. The summed E-state index contributed by atoms with van der Waals surface area (Å²) in [6.45, 7) is 1.61. The van der Waals surface area contributed by atoms with Gasteiger partial charge in [-0.3, -0.25) is 19.1 Å². The molecule has 2 unspecified atom stereocenters. The van der Waals surface area contributed by atoms with Gasteiger partial charge >= 0.3 is 12.1 Å². The van der Waals surface area contributed by atoms with Crippen molar-refractivity contribution in [3.63, 3.8) is 0 Å². The van der Waals surface area contributed by atoms with Crippen LogP contribution in [0, 0.1) is 29.1 Å². The fourth-order valence-electron chi connectivity index (χ4n) is 6.33. The number of amides is 2. The van der Waals surface area contributed by atoms with Gasteiger partial charge in [0.2, 0.25) is 5.91 Å². The van der Waals surface area contributed by atoms with Gasteiger partial charge in [-0.25, -0.2) is 9.50 Å². The Balaban J connectivity index is 1.34. The number of hydrogen-bond donors (Lipinski definition) is 3. The van der Waals surface area contributed by atoms with Crippen LogP contribution < -0.4 is 10.6 Å². The summed E-state index contributed by atoms with van der Waals surface area (Å²) in [5.41, 5.74) is -1.35. The van der Waals surface area contributed by atoms with Crippen LogP contribution in [-0.4, -0.2) is 60.0 Å². The minimum atomic E-state index is -4.90. The van der Waals surface area contributed by atoms with E-state index in [0.29, 0.717) is 35.4 Å². The molecule has 3 fully saturated rings. The predicted octanol–water partition coefficient (Wildman–Crippen LogP) is 2.77. The summed E-state index contributed by atoms with van der Waals surface area (Å²) in [7, 11) is 0. The Morgan fingerprint density at radius 2 is 1.90 bits per heavy atom. The number of nitrogens with zero attached hydrogens (tertiary/aromatic N) is 5. The standard InChI is InChI=1S/C27H30F3N7O4/c1-2-36-18(9-10-32-36)23(38)34-22(21(14-3-4-14)15-5-6-15)17-13-37-20(33-17)8-7-16(35-37)11-26(25(40)41)19(27(28,29)30)12-31-24(26)39/h7-10,13-15,19,21-22H,2-6,11-12H2,1H3,(H,31,39)(H,34,38)(H,40,41)/t19?,22-,26?/m1/s1. The molecule has 2 aliphatic carbocycles. The summed E-state index contributed by atoms with van der Waals surface area (Å²) >= 11 is 0. The maximum Gasteiger partial charge on any atom is 0.395 e. The van der Waals surface area contributed by atoms with Gasteiger partial charge in [-0.1, -0.05) is 0 Å². The zero-order chi connectivity index (χ0) is 29.1. The van der Waals surface area contributed by atoms with Crippen molar-refractivity contribution >= 4 is 23.4 Å². The molecule has 0 radical (unpaired) electrons. The predicted molar refractivity (Wildman–Crippen MR) is 136 cm³/mol. The summed E-state index contributed by atoms with van der Waals surface area (Å²) < 4.78 is 44.3. The monoisotopic (exact) mass is 573 g/mol. The van der Waals surface area contributed by atoms with E-state index in [1.54, 1.807) is 23.1 Å². The average molecular weight is 574 g/mol. The number of carboxylic acid groups (broad SMARTS) is 1. The number of nitrogens with one attached hydrogen (secondary N) is 2. The molecular formula is C27H30F3N7O4. The van der Waals surface area contributed by atoms with E-state index in [4.69, 9.17) is 4.98 Å². The first-order valence-corrected chi connectivity index (χ1v) is 13.8. The van der Waals surface area contributed by atoms with Gasteiger partial charge in [-0.05, 0) is 68.6 Å². The molecule has 3 N–H and O–H groups in total. The Bertz CT molecular complexity index is 1500. The zero-order valence-corrected chi connectivity index (χ0v) is 22.3. The van der Waals surface area contributed by atoms with Crippen molar-refractivity contribution in [2.75, 3.05) is 6.54 Å². The second-order valence-electron chi connectivity index (χ2n) is 11.3. The van der Waals surface area contributed by atoms with Gasteiger partial charge in [-0.15, -0.1) is 0 Å². The van der Waals surface area contributed by atoms with Crippen molar-refractivity contribution in [2.45, 2.75) is 57.8 Å². The number of rotatable bonds is 10. The second-order valence-corrected chi connectivity index (χ2v) is 11.3. The lowest BCUT2D eigenvalue weighted by Crippen LogP contribution is -2.49. The highest BCUT2D eigenvalue weighted by molar-refractivity contribution is 6.04. The van der Waals surface area contributed by atoms with Gasteiger partial charge in [0, 0.05) is 25.7 Å². The normalized spacial score (nSPS) is 23.6. The Labute approximate surface area is 232 Å². The van der Waals surface area contributed by atoms with Crippen LogP contribution in [0.1, 0.15) is 60.5 Å². The molecule has 3 atom stereocenters. The number of aliphatic carboxylic acids is 1. The summed E-state index contributed by atoms with van der Waals surface area (Å²) in [6, 6.07) is 4.16. The lowest BCUT2D eigenvalue weighted by Gasteiger charge is -2.29. The molecule has 1 saturated heterocycles. The number of halogens is 3. The zero-order valence-electron chi connectivity index (χ0n) is 22.3. The van der Waals surface area contributed by atoms with Crippen molar-refractivity contribution < 1.29 is 32.7 Å². The van der Waals surface area contributed by atoms with E-state index in [0.717, 1.165) is 25.7 Å². The number of carboxylic acids is 1. The lowest BCUT2D eigenvalue weighted by atomic mass is 9.73. The van der Waals surface area contributed by atoms with Crippen LogP contribution in [0.5, 0.6) is 0 Å². The molecule has 3 aliphatic rings. The maximum absolute atomic E-state index is 13.8. The average Bonchev–Trinajstić information content (AvgIpc) is 3.81. The molecule has 218 valence electrons. The maximum atomic E-state index is 13.8. The van der Waals surface area contributed by atoms with Crippen LogP contribution in [0.3, 0.4) is 0 Å². The molecule has 2 saturated carbocycles. The minimum absolute atomic E-state index is 0.00326. The van der Waals surface area contributed by atoms with Gasteiger partial charge in [0.05, 0.1) is 29.5 Å². The molecule has 14 heteroatoms. The molecule has 0 spiro atoms. The number of carbonyl (C=O) groups is 3. The third-order valence-electron chi connectivity index (χ3n) is 8.67. The molecule has 1 aliphatic heterocycles. The molecule has 11 nitrogen and oxygen atoms in total. The Morgan fingerprint density at radius 3 is 2.51 bits per heavy atom. The summed E-state index contributed by atoms with van der Waals surface area (Å²) in [6.07, 6.45) is 1.82. The molecule has 0 aromatic carbocycles. The molecule has 3 aromatic rings. The molecule has 6 rings (SSSR count). The molecule has 4 heterocycles. The van der Waals surface area contributed by atoms with Crippen LogP contribution in [0.15, 0.2) is 30.6 Å². The fraction of sp³-hybridized carbons (Fsp3) is 0.556. The summed E-state index contributed by atoms with van der Waals surface area (Å²) in [4.78, 5) is 42.8. The highest BCUT2D eigenvalue weighted by Gasteiger charge is 2.66. The summed E-state index contributed by atoms with van der Waals surface area (Å²) in [5.74, 6) is -4.64. The first-order chi connectivity index (χ1) is 19.5. The number of imidazole rings is 1. The van der Waals surface area contributed by atoms with Crippen LogP contribution in [0.2, 0.25) is 0 Å². The van der Waals surface area contributed by atoms with E-state index in [1.807, 2.05) is 6.92 Å². The van der Waals surface area contributed by atoms with Gasteiger partial charge in [0.15, 0.2) is 11.1 Å². The van der Waals surface area contributed by atoms with Crippen molar-refractivity contribution in [2.24, 2.45) is 29.1 Å². The SMILES string of the molecule is CCn1nccc1C(=O)N[C@H](c1cn2nc(CC3(C(=O)O)C(=O)NCC3C(F)(F)F)ccc2n1)C(C1CC1)C1CC1. The van der Waals surface area contributed by atoms with E-state index >= 15 is 0 Å². The van der Waals surface area contributed by atoms with Crippen molar-refractivity contribution in [3.8, 4) is 0 Å². The van der Waals surface area contributed by atoms with Crippen molar-refractivity contribution in [1.82, 2.24) is 35.0 Å². The molecule has 2 amide bonds. The Kier molecular flexibility index (Phi) is 6.53. The van der Waals surface area contributed by atoms with Crippen molar-refractivity contribution in [1.29, 1.82) is 0 Å². The van der Waals surface area contributed by atoms with Crippen LogP contribution in [0.4, 0.5) is 13.2 Å². The molecule has 3 aromatic heterocycles. The molecular weight excluding hydrogens is 543 g/mol. The number of carbonyl (C=O) groups excluding carboxylic acids is 2. The minimum Gasteiger partial charge on any atom is -0.480 e. The quantitative estimate of drug-likeness (QED) is 0.317. The third-order valence-corrected chi connectivity index (χ3v) is 8.67. The highest BCUT2D eigenvalue weighted by atomic mass is 19.4. The largest absolute Gasteiger partial charge is 0.480 e. The first kappa shape index (κ1) is 27.2. The number of alkyl halides is 3. The van der Waals surface area contributed by atoms with Gasteiger partial charge in [0.25, 0.3) is 5.91 Å². The van der Waals surface area contributed by atoms with Gasteiger partial charge < -0.3 is 15.7 Å². The van der Waals surface area contributed by atoms with E-state index in [9.17, 15) is 32.7 Å². The lowest BCUT2D eigenvalue weighted by molar-refractivity contribution is -0.205. The highest BCUT2D eigenvalue weighted by Crippen LogP contribution is 2.54. The second kappa shape index (κ2) is 9.84. The summed E-state index contributed by atoms with van der Waals surface area (Å²) in [5, 5.41) is 23.7. The Hall–Kier alpha value is -3.97. The number of hydrogen-bond acceptors (Lipinski definition) is 6. The molecule has 41 heavy (non-hydrogen) atoms. The molecule has 0 bridgehead atoms. The van der Waals surface area contributed by atoms with E-state index in [1.165, 1.54) is 16.6 Å². The number of aryl methyl sites for hydroxylation is 1. The Morgan fingerprint density at radius 1 is 1.20 bits per heavy atom. The third kappa shape index (κ3) is 4.82. The van der Waals surface area contributed by atoms with E-state index in [2.05, 4.69) is 20.8 Å². The topological polar surface area (TPSA) is 144 Å². The van der Waals surface area contributed by atoms with Gasteiger partial charge in [0.1, 0.15) is 5.69 Å². The van der Waals surface area contributed by atoms with E-state index < -0.39 is 48.4 Å². The fourth-order valence-corrected chi connectivity index (χ4v) is 6.33. The van der Waals surface area contributed by atoms with Crippen LogP contribution in [-0.2, 0) is 22.6 Å². The first-order valence-electron chi connectivity index (χ1n) is 13.8. The smallest absolute Gasteiger partial charge is 0.395 e. The van der Waals surface area contributed by atoms with Crippen molar-refractivity contribution in [3.05, 3.63) is 47.7 Å².